The van der Waals surface area contributed by atoms with Crippen LogP contribution in [0.2, 0.25) is 5.02 Å². The molecule has 2 amide bonds. The van der Waals surface area contributed by atoms with E-state index >= 15 is 0 Å². The Morgan fingerprint density at radius 1 is 1.12 bits per heavy atom. The Morgan fingerprint density at radius 3 is 2.50 bits per heavy atom. The van der Waals surface area contributed by atoms with E-state index in [1.807, 2.05) is 25.1 Å². The van der Waals surface area contributed by atoms with Gasteiger partial charge >= 0.3 is 6.03 Å². The summed E-state index contributed by atoms with van der Waals surface area (Å²) in [6, 6.07) is 12.1. The number of benzene rings is 2. The molecule has 1 atom stereocenters. The number of amides is 2. The van der Waals surface area contributed by atoms with Gasteiger partial charge in [-0.15, -0.1) is 0 Å². The van der Waals surface area contributed by atoms with Gasteiger partial charge in [0.15, 0.2) is 0 Å². The highest BCUT2D eigenvalue weighted by molar-refractivity contribution is 6.30. The predicted octanol–water partition coefficient (Wildman–Crippen LogP) is 4.04. The van der Waals surface area contributed by atoms with Crippen molar-refractivity contribution in [2.45, 2.75) is 12.5 Å². The smallest absolute Gasteiger partial charge is 0.319 e. The minimum Gasteiger partial charge on any atom is -0.497 e. The number of rotatable bonds is 7. The molecule has 0 radical (unpaired) electrons. The zero-order valence-corrected chi connectivity index (χ0v) is 16.0. The number of carbonyl (C=O) groups excluding carboxylic acids is 1. The van der Waals surface area contributed by atoms with Crippen molar-refractivity contribution in [3.63, 3.8) is 0 Å². The van der Waals surface area contributed by atoms with Crippen LogP contribution >= 0.6 is 11.6 Å². The van der Waals surface area contributed by atoms with Crippen LogP contribution in [0.3, 0.4) is 0 Å². The number of halogens is 1. The molecule has 7 heteroatoms. The number of hydrogen-bond acceptors (Lipinski definition) is 4. The van der Waals surface area contributed by atoms with E-state index in [1.54, 1.807) is 38.5 Å². The minimum absolute atomic E-state index is 0.258. The first kappa shape index (κ1) is 19.9. The van der Waals surface area contributed by atoms with E-state index in [-0.39, 0.29) is 12.6 Å². The van der Waals surface area contributed by atoms with Crippen molar-refractivity contribution in [2.24, 2.45) is 0 Å². The average molecular weight is 379 g/mol. The molecular formula is C19H23ClN2O4. The van der Waals surface area contributed by atoms with Crippen LogP contribution in [-0.2, 0) is 10.3 Å². The van der Waals surface area contributed by atoms with Gasteiger partial charge in [-0.3, -0.25) is 0 Å². The molecule has 140 valence electrons. The van der Waals surface area contributed by atoms with Crippen molar-refractivity contribution in [2.75, 3.05) is 33.2 Å². The molecule has 1 unspecified atom stereocenters. The normalized spacial score (nSPS) is 12.8. The summed E-state index contributed by atoms with van der Waals surface area (Å²) in [5.41, 5.74) is 0.689. The standard InChI is InChI=1S/C19H23ClN2O4/c1-19(26-4,13-6-5-7-14(20)10-13)12-21-18(23)22-16-9-8-15(24-2)11-17(16)25-3/h5-11H,12H2,1-4H3,(H2,21,22,23). The maximum atomic E-state index is 12.3. The third-order valence-electron chi connectivity index (χ3n) is 4.13. The molecule has 0 spiro atoms. The third kappa shape index (κ3) is 4.80. The maximum Gasteiger partial charge on any atom is 0.319 e. The van der Waals surface area contributed by atoms with Crippen LogP contribution in [0.25, 0.3) is 0 Å². The number of nitrogens with one attached hydrogen (secondary N) is 2. The first-order chi connectivity index (χ1) is 12.4. The minimum atomic E-state index is -0.716. The van der Waals surface area contributed by atoms with Gasteiger partial charge in [-0.2, -0.15) is 0 Å². The first-order valence-corrected chi connectivity index (χ1v) is 8.37. The van der Waals surface area contributed by atoms with E-state index in [0.717, 1.165) is 5.56 Å². The average Bonchev–Trinajstić information content (AvgIpc) is 2.66. The lowest BCUT2D eigenvalue weighted by Crippen LogP contribution is -2.41. The van der Waals surface area contributed by atoms with Gasteiger partial charge in [0.1, 0.15) is 17.1 Å². The van der Waals surface area contributed by atoms with Crippen LogP contribution < -0.4 is 20.1 Å². The molecule has 2 rings (SSSR count). The second kappa shape index (κ2) is 8.78. The van der Waals surface area contributed by atoms with Crippen molar-refractivity contribution in [3.8, 4) is 11.5 Å². The molecule has 0 saturated carbocycles. The fourth-order valence-electron chi connectivity index (χ4n) is 2.43. The van der Waals surface area contributed by atoms with Crippen molar-refractivity contribution in [3.05, 3.63) is 53.1 Å². The molecule has 0 aliphatic heterocycles. The van der Waals surface area contributed by atoms with Crippen molar-refractivity contribution < 1.29 is 19.0 Å². The third-order valence-corrected chi connectivity index (χ3v) is 4.36. The lowest BCUT2D eigenvalue weighted by Gasteiger charge is -2.29. The zero-order valence-electron chi connectivity index (χ0n) is 15.3. The van der Waals surface area contributed by atoms with Gasteiger partial charge in [0, 0.05) is 18.2 Å². The van der Waals surface area contributed by atoms with Crippen molar-refractivity contribution in [1.82, 2.24) is 5.32 Å². The van der Waals surface area contributed by atoms with Gasteiger partial charge < -0.3 is 24.8 Å². The summed E-state index contributed by atoms with van der Waals surface area (Å²) in [5, 5.41) is 6.19. The Bertz CT molecular complexity index is 769. The van der Waals surface area contributed by atoms with Crippen LogP contribution in [-0.4, -0.2) is 33.9 Å². The Labute approximate surface area is 158 Å². The largest absolute Gasteiger partial charge is 0.497 e. The van der Waals surface area contributed by atoms with Crippen molar-refractivity contribution in [1.29, 1.82) is 0 Å². The maximum absolute atomic E-state index is 12.3. The molecule has 6 nitrogen and oxygen atoms in total. The summed E-state index contributed by atoms with van der Waals surface area (Å²) in [6.45, 7) is 2.14. The lowest BCUT2D eigenvalue weighted by molar-refractivity contribution is 0.00521. The molecule has 0 saturated heterocycles. The van der Waals surface area contributed by atoms with Gasteiger partial charge in [0.2, 0.25) is 0 Å². The number of methoxy groups -OCH3 is 3. The highest BCUT2D eigenvalue weighted by atomic mass is 35.5. The van der Waals surface area contributed by atoms with Crippen LogP contribution in [0.4, 0.5) is 10.5 Å². The van der Waals surface area contributed by atoms with E-state index < -0.39 is 5.60 Å². The second-order valence-electron chi connectivity index (χ2n) is 5.82. The van der Waals surface area contributed by atoms with E-state index in [1.165, 1.54) is 7.11 Å². The van der Waals surface area contributed by atoms with Crippen LogP contribution in [0.5, 0.6) is 11.5 Å². The Balaban J connectivity index is 2.05. The molecule has 0 aromatic heterocycles. The fourth-order valence-corrected chi connectivity index (χ4v) is 2.62. The first-order valence-electron chi connectivity index (χ1n) is 8.00. The van der Waals surface area contributed by atoms with Crippen molar-refractivity contribution >= 4 is 23.3 Å². The van der Waals surface area contributed by atoms with E-state index in [4.69, 9.17) is 25.8 Å². The molecule has 0 heterocycles. The van der Waals surface area contributed by atoms with E-state index in [9.17, 15) is 4.79 Å². The lowest BCUT2D eigenvalue weighted by atomic mass is 9.96. The van der Waals surface area contributed by atoms with Gasteiger partial charge in [-0.05, 0) is 36.8 Å². The Kier molecular flexibility index (Phi) is 6.71. The molecule has 0 bridgehead atoms. The van der Waals surface area contributed by atoms with Gasteiger partial charge in [-0.25, -0.2) is 4.79 Å². The number of ether oxygens (including phenoxy) is 3. The number of hydrogen-bond donors (Lipinski definition) is 2. The molecule has 2 aromatic carbocycles. The quantitative estimate of drug-likeness (QED) is 0.762. The highest BCUT2D eigenvalue weighted by Gasteiger charge is 2.27. The number of anilines is 1. The molecule has 0 aliphatic rings. The zero-order chi connectivity index (χ0) is 19.2. The van der Waals surface area contributed by atoms with Crippen LogP contribution in [0.1, 0.15) is 12.5 Å². The Hall–Kier alpha value is -2.44. The van der Waals surface area contributed by atoms with Gasteiger partial charge in [0.25, 0.3) is 0 Å². The predicted molar refractivity (Wildman–Crippen MR) is 102 cm³/mol. The monoisotopic (exact) mass is 378 g/mol. The summed E-state index contributed by atoms with van der Waals surface area (Å²) in [5.74, 6) is 1.14. The summed E-state index contributed by atoms with van der Waals surface area (Å²) >= 11 is 6.06. The molecule has 0 aliphatic carbocycles. The fraction of sp³-hybridized carbons (Fsp3) is 0.316. The Morgan fingerprint density at radius 2 is 1.88 bits per heavy atom. The molecule has 2 N–H and O–H groups in total. The van der Waals surface area contributed by atoms with Gasteiger partial charge in [0.05, 0.1) is 26.5 Å². The molecular weight excluding hydrogens is 356 g/mol. The van der Waals surface area contributed by atoms with E-state index in [0.29, 0.717) is 22.2 Å². The molecule has 2 aromatic rings. The van der Waals surface area contributed by atoms with Crippen LogP contribution in [0.15, 0.2) is 42.5 Å². The summed E-state index contributed by atoms with van der Waals surface area (Å²) < 4.78 is 16.0. The second-order valence-corrected chi connectivity index (χ2v) is 6.26. The van der Waals surface area contributed by atoms with Gasteiger partial charge in [-0.1, -0.05) is 23.7 Å². The molecule has 0 fully saturated rings. The summed E-state index contributed by atoms with van der Waals surface area (Å²) in [7, 11) is 4.68. The SMILES string of the molecule is COc1ccc(NC(=O)NCC(C)(OC)c2cccc(Cl)c2)c(OC)c1. The van der Waals surface area contributed by atoms with E-state index in [2.05, 4.69) is 10.6 Å². The topological polar surface area (TPSA) is 68.8 Å². The van der Waals surface area contributed by atoms with Crippen LogP contribution in [0, 0.1) is 0 Å². The number of urea groups is 1. The number of carbonyl (C=O) groups is 1. The summed E-state index contributed by atoms with van der Waals surface area (Å²) in [6.07, 6.45) is 0. The highest BCUT2D eigenvalue weighted by Crippen LogP contribution is 2.29. The summed E-state index contributed by atoms with van der Waals surface area (Å²) in [4.78, 5) is 12.3. The molecule has 26 heavy (non-hydrogen) atoms.